The Hall–Kier alpha value is -3.08. The number of fused-ring (bicyclic) bond motifs is 1. The first-order chi connectivity index (χ1) is 14.6. The van der Waals surface area contributed by atoms with Crippen molar-refractivity contribution in [1.82, 2.24) is 24.4 Å². The summed E-state index contributed by atoms with van der Waals surface area (Å²) in [6.45, 7) is 9.46. The van der Waals surface area contributed by atoms with E-state index in [1.165, 1.54) is 21.6 Å². The molecular formula is C20H25F2N7O2. The molecular weight excluding hydrogens is 408 g/mol. The van der Waals surface area contributed by atoms with Crippen LogP contribution in [-0.2, 0) is 10.3 Å². The molecule has 1 aliphatic heterocycles. The van der Waals surface area contributed by atoms with Gasteiger partial charge in [0.15, 0.2) is 11.3 Å². The van der Waals surface area contributed by atoms with Crippen LogP contribution < -0.4 is 10.2 Å². The van der Waals surface area contributed by atoms with Crippen molar-refractivity contribution in [2.75, 3.05) is 29.9 Å². The van der Waals surface area contributed by atoms with E-state index in [0.717, 1.165) is 0 Å². The maximum absolute atomic E-state index is 13.5. The lowest BCUT2D eigenvalue weighted by Gasteiger charge is -2.31. The molecule has 0 aliphatic carbocycles. The third-order valence-electron chi connectivity index (χ3n) is 5.05. The number of anilines is 2. The molecule has 1 fully saturated rings. The number of carbonyl (C=O) groups excluding carboxylic acids is 1. The van der Waals surface area contributed by atoms with Crippen molar-refractivity contribution in [3.63, 3.8) is 0 Å². The van der Waals surface area contributed by atoms with Crippen LogP contribution in [0.4, 0.5) is 20.3 Å². The van der Waals surface area contributed by atoms with E-state index in [-0.39, 0.29) is 17.4 Å². The van der Waals surface area contributed by atoms with Crippen LogP contribution >= 0.6 is 0 Å². The van der Waals surface area contributed by atoms with Gasteiger partial charge in [-0.2, -0.15) is 10.2 Å². The number of halogens is 2. The molecule has 9 nitrogen and oxygen atoms in total. The Bertz CT molecular complexity index is 1100. The van der Waals surface area contributed by atoms with Gasteiger partial charge < -0.3 is 15.0 Å². The van der Waals surface area contributed by atoms with E-state index >= 15 is 0 Å². The number of rotatable bonds is 4. The van der Waals surface area contributed by atoms with Gasteiger partial charge in [-0.15, -0.1) is 0 Å². The second kappa shape index (κ2) is 7.88. The lowest BCUT2D eigenvalue weighted by atomic mass is 10.1. The number of carbonyl (C=O) groups is 1. The Morgan fingerprint density at radius 1 is 1.35 bits per heavy atom. The summed E-state index contributed by atoms with van der Waals surface area (Å²) in [6.07, 6.45) is 1.76. The summed E-state index contributed by atoms with van der Waals surface area (Å²) in [4.78, 5) is 19.6. The molecule has 0 saturated carbocycles. The Balaban J connectivity index is 1.64. The normalized spacial score (nSPS) is 17.5. The van der Waals surface area contributed by atoms with E-state index in [1.54, 1.807) is 6.20 Å². The largest absolute Gasteiger partial charge is 0.375 e. The molecule has 11 heteroatoms. The van der Waals surface area contributed by atoms with Crippen molar-refractivity contribution >= 4 is 23.1 Å². The summed E-state index contributed by atoms with van der Waals surface area (Å²) < 4.78 is 35.4. The van der Waals surface area contributed by atoms with Gasteiger partial charge in [-0.3, -0.25) is 9.48 Å². The maximum Gasteiger partial charge on any atom is 0.284 e. The predicted octanol–water partition coefficient (Wildman–Crippen LogP) is 3.10. The molecule has 31 heavy (non-hydrogen) atoms. The zero-order valence-electron chi connectivity index (χ0n) is 17.8. The Kier molecular flexibility index (Phi) is 5.38. The highest BCUT2D eigenvalue weighted by Gasteiger charge is 2.26. The van der Waals surface area contributed by atoms with Crippen LogP contribution in [0.3, 0.4) is 0 Å². The fraction of sp³-hybridized carbons (Fsp3) is 0.500. The van der Waals surface area contributed by atoms with E-state index in [2.05, 4.69) is 25.4 Å². The zero-order chi connectivity index (χ0) is 22.3. The van der Waals surface area contributed by atoms with Crippen LogP contribution in [0.5, 0.6) is 0 Å². The van der Waals surface area contributed by atoms with Crippen molar-refractivity contribution in [3.05, 3.63) is 35.9 Å². The van der Waals surface area contributed by atoms with Gasteiger partial charge in [0, 0.05) is 25.5 Å². The van der Waals surface area contributed by atoms with E-state index in [4.69, 9.17) is 4.74 Å². The summed E-state index contributed by atoms with van der Waals surface area (Å²) in [7, 11) is 0. The molecule has 0 aromatic carbocycles. The summed E-state index contributed by atoms with van der Waals surface area (Å²) in [6, 6.07) is 1.82. The minimum Gasteiger partial charge on any atom is -0.375 e. The highest BCUT2D eigenvalue weighted by molar-refractivity contribution is 6.08. The summed E-state index contributed by atoms with van der Waals surface area (Å²) in [5.41, 5.74) is -0.492. The number of aromatic nitrogens is 5. The van der Waals surface area contributed by atoms with E-state index in [0.29, 0.717) is 31.2 Å². The lowest BCUT2D eigenvalue weighted by molar-refractivity contribution is 0.0529. The number of amides is 1. The molecule has 1 unspecified atom stereocenters. The van der Waals surface area contributed by atoms with Crippen molar-refractivity contribution in [1.29, 1.82) is 0 Å². The Labute approximate surface area is 178 Å². The minimum absolute atomic E-state index is 0.0348. The first kappa shape index (κ1) is 21.2. The van der Waals surface area contributed by atoms with Gasteiger partial charge in [0.25, 0.3) is 12.3 Å². The number of ether oxygens (including phenoxy) is 1. The molecule has 1 N–H and O–H groups in total. The van der Waals surface area contributed by atoms with Gasteiger partial charge in [-0.05, 0) is 33.8 Å². The average molecular weight is 433 g/mol. The molecule has 0 spiro atoms. The third-order valence-corrected chi connectivity index (χ3v) is 5.05. The van der Waals surface area contributed by atoms with E-state index in [9.17, 15) is 13.6 Å². The Morgan fingerprint density at radius 3 is 2.81 bits per heavy atom. The molecule has 1 saturated heterocycles. The van der Waals surface area contributed by atoms with Gasteiger partial charge >= 0.3 is 0 Å². The number of alkyl halides is 2. The molecule has 1 amide bonds. The number of hydrogen-bond acceptors (Lipinski definition) is 6. The Morgan fingerprint density at radius 2 is 2.13 bits per heavy atom. The molecule has 3 aromatic heterocycles. The molecule has 1 aliphatic rings. The van der Waals surface area contributed by atoms with E-state index < -0.39 is 23.6 Å². The van der Waals surface area contributed by atoms with Crippen LogP contribution in [0.2, 0.25) is 0 Å². The molecule has 0 bridgehead atoms. The number of nitrogens with one attached hydrogen (secondary N) is 1. The molecule has 4 rings (SSSR count). The van der Waals surface area contributed by atoms with Crippen LogP contribution in [0, 0.1) is 0 Å². The van der Waals surface area contributed by atoms with Crippen LogP contribution in [-0.4, -0.2) is 56.1 Å². The smallest absolute Gasteiger partial charge is 0.284 e. The lowest BCUT2D eigenvalue weighted by Crippen LogP contribution is -2.41. The van der Waals surface area contributed by atoms with Crippen molar-refractivity contribution < 1.29 is 18.3 Å². The highest BCUT2D eigenvalue weighted by atomic mass is 19.3. The quantitative estimate of drug-likeness (QED) is 0.680. The molecule has 0 radical (unpaired) electrons. The zero-order valence-corrected chi connectivity index (χ0v) is 17.8. The summed E-state index contributed by atoms with van der Waals surface area (Å²) in [5.74, 6) is 0.122. The minimum atomic E-state index is -2.82. The van der Waals surface area contributed by atoms with Crippen molar-refractivity contribution in [2.45, 2.75) is 45.8 Å². The topological polar surface area (TPSA) is 89.6 Å². The third kappa shape index (κ3) is 4.22. The number of hydrogen-bond donors (Lipinski definition) is 1. The van der Waals surface area contributed by atoms with Crippen LogP contribution in [0.15, 0.2) is 24.7 Å². The van der Waals surface area contributed by atoms with Crippen LogP contribution in [0.25, 0.3) is 5.65 Å². The summed E-state index contributed by atoms with van der Waals surface area (Å²) in [5, 5.41) is 10.7. The average Bonchev–Trinajstić information content (AvgIpc) is 3.31. The second-order valence-corrected chi connectivity index (χ2v) is 8.54. The van der Waals surface area contributed by atoms with Crippen LogP contribution in [0.1, 0.15) is 50.2 Å². The fourth-order valence-corrected chi connectivity index (χ4v) is 3.40. The highest BCUT2D eigenvalue weighted by Crippen LogP contribution is 2.29. The van der Waals surface area contributed by atoms with Gasteiger partial charge in [0.2, 0.25) is 0 Å². The number of nitrogens with zero attached hydrogens (tertiary/aromatic N) is 6. The summed E-state index contributed by atoms with van der Waals surface area (Å²) >= 11 is 0. The van der Waals surface area contributed by atoms with Gasteiger partial charge in [-0.25, -0.2) is 18.3 Å². The first-order valence-electron chi connectivity index (χ1n) is 10.0. The fourth-order valence-electron chi connectivity index (χ4n) is 3.40. The molecule has 166 valence electrons. The monoisotopic (exact) mass is 433 g/mol. The number of morpholine rings is 1. The van der Waals surface area contributed by atoms with Gasteiger partial charge in [-0.1, -0.05) is 0 Å². The maximum atomic E-state index is 13.5. The van der Waals surface area contributed by atoms with E-state index in [1.807, 2.05) is 33.8 Å². The van der Waals surface area contributed by atoms with Crippen molar-refractivity contribution in [3.8, 4) is 0 Å². The molecule has 4 heterocycles. The van der Waals surface area contributed by atoms with Gasteiger partial charge in [0.1, 0.15) is 11.4 Å². The first-order valence-corrected chi connectivity index (χ1v) is 10.0. The van der Waals surface area contributed by atoms with Crippen molar-refractivity contribution in [2.24, 2.45) is 0 Å². The SMILES string of the molecule is CC1CN(c2ccn3ncc(C(=O)Nc4cn(C(C)(C)C)nc4C(F)F)c3n2)CCO1. The standard InChI is InChI=1S/C20H25F2N7O2/c1-12-10-27(7-8-31-12)15-5-6-28-18(25-15)13(9-23-28)19(30)24-14-11-29(20(2,3)4)26-16(14)17(21)22/h5-6,9,11-12,17H,7-8,10H2,1-4H3,(H,24,30). The van der Waals surface area contributed by atoms with Gasteiger partial charge in [0.05, 0.1) is 30.1 Å². The predicted molar refractivity (Wildman–Crippen MR) is 111 cm³/mol. The second-order valence-electron chi connectivity index (χ2n) is 8.54. The molecule has 1 atom stereocenters. The molecule has 3 aromatic rings.